The predicted molar refractivity (Wildman–Crippen MR) is 91.8 cm³/mol. The average Bonchev–Trinajstić information content (AvgIpc) is 2.62. The SMILES string of the molecule is CON=CCCN1C(=O)C(c2ccc(F)cc2)C1c1ccc(O)cc1. The van der Waals surface area contributed by atoms with E-state index in [0.29, 0.717) is 13.0 Å². The van der Waals surface area contributed by atoms with Gasteiger partial charge in [0.2, 0.25) is 5.91 Å². The van der Waals surface area contributed by atoms with Crippen molar-refractivity contribution in [3.8, 4) is 5.75 Å². The van der Waals surface area contributed by atoms with Crippen LogP contribution in [0.15, 0.2) is 53.7 Å². The van der Waals surface area contributed by atoms with Crippen LogP contribution >= 0.6 is 0 Å². The summed E-state index contributed by atoms with van der Waals surface area (Å²) < 4.78 is 13.2. The number of hydrogen-bond acceptors (Lipinski definition) is 4. The van der Waals surface area contributed by atoms with Crippen LogP contribution in [0.1, 0.15) is 29.5 Å². The summed E-state index contributed by atoms with van der Waals surface area (Å²) in [5.74, 6) is -0.518. The molecule has 0 aliphatic carbocycles. The Hall–Kier alpha value is -2.89. The first-order valence-corrected chi connectivity index (χ1v) is 8.01. The number of aromatic hydroxyl groups is 1. The van der Waals surface area contributed by atoms with E-state index in [1.807, 2.05) is 0 Å². The van der Waals surface area contributed by atoms with E-state index in [9.17, 15) is 14.3 Å². The lowest BCUT2D eigenvalue weighted by Gasteiger charge is -2.47. The number of phenolic OH excluding ortho intramolecular Hbond substituents is 1. The van der Waals surface area contributed by atoms with Gasteiger partial charge in [-0.05, 0) is 35.4 Å². The van der Waals surface area contributed by atoms with Gasteiger partial charge in [0.25, 0.3) is 0 Å². The lowest BCUT2D eigenvalue weighted by molar-refractivity contribution is -0.150. The maximum atomic E-state index is 13.2. The maximum Gasteiger partial charge on any atom is 0.233 e. The van der Waals surface area contributed by atoms with Gasteiger partial charge in [0.1, 0.15) is 18.7 Å². The standard InChI is InChI=1S/C19H19FN2O3/c1-25-21-11-2-12-22-18(14-5-9-16(23)10-6-14)17(19(22)24)13-3-7-15(20)8-4-13/h3-11,17-18,23H,2,12H2,1H3. The Labute approximate surface area is 145 Å². The third-order valence-corrected chi connectivity index (χ3v) is 4.34. The normalized spacial score (nSPS) is 19.9. The zero-order valence-electron chi connectivity index (χ0n) is 13.8. The number of β-lactam (4-membered cyclic amide) rings is 1. The molecule has 1 amide bonds. The van der Waals surface area contributed by atoms with Crippen LogP contribution in [0.3, 0.4) is 0 Å². The molecule has 1 N–H and O–H groups in total. The lowest BCUT2D eigenvalue weighted by atomic mass is 9.77. The number of benzene rings is 2. The van der Waals surface area contributed by atoms with Gasteiger partial charge < -0.3 is 14.8 Å². The molecular weight excluding hydrogens is 323 g/mol. The summed E-state index contributed by atoms with van der Waals surface area (Å²) >= 11 is 0. The van der Waals surface area contributed by atoms with Crippen molar-refractivity contribution in [3.05, 3.63) is 65.5 Å². The zero-order chi connectivity index (χ0) is 17.8. The zero-order valence-corrected chi connectivity index (χ0v) is 13.8. The Morgan fingerprint density at radius 2 is 1.80 bits per heavy atom. The first-order chi connectivity index (χ1) is 12.1. The summed E-state index contributed by atoms with van der Waals surface area (Å²) in [7, 11) is 1.47. The predicted octanol–water partition coefficient (Wildman–Crippen LogP) is 3.22. The summed E-state index contributed by atoms with van der Waals surface area (Å²) in [6.07, 6.45) is 2.19. The number of carbonyl (C=O) groups is 1. The van der Waals surface area contributed by atoms with Gasteiger partial charge >= 0.3 is 0 Å². The van der Waals surface area contributed by atoms with Crippen LogP contribution in [-0.4, -0.2) is 35.8 Å². The summed E-state index contributed by atoms with van der Waals surface area (Å²) in [6.45, 7) is 0.509. The molecule has 6 heteroatoms. The van der Waals surface area contributed by atoms with Crippen LogP contribution < -0.4 is 0 Å². The number of halogens is 1. The van der Waals surface area contributed by atoms with E-state index in [1.54, 1.807) is 47.5 Å². The van der Waals surface area contributed by atoms with E-state index in [0.717, 1.165) is 11.1 Å². The molecule has 0 saturated carbocycles. The molecule has 1 fully saturated rings. The van der Waals surface area contributed by atoms with Gasteiger partial charge in [-0.15, -0.1) is 0 Å². The van der Waals surface area contributed by atoms with Crippen molar-refractivity contribution >= 4 is 12.1 Å². The average molecular weight is 342 g/mol. The molecule has 0 spiro atoms. The first kappa shape index (κ1) is 17.0. The van der Waals surface area contributed by atoms with Gasteiger partial charge in [-0.1, -0.05) is 29.4 Å². The van der Waals surface area contributed by atoms with Crippen LogP contribution in [-0.2, 0) is 9.63 Å². The molecule has 0 bridgehead atoms. The second kappa shape index (κ2) is 7.34. The van der Waals surface area contributed by atoms with E-state index in [4.69, 9.17) is 0 Å². The molecule has 130 valence electrons. The van der Waals surface area contributed by atoms with Crippen LogP contribution in [0.2, 0.25) is 0 Å². The highest BCUT2D eigenvalue weighted by molar-refractivity contribution is 5.91. The number of carbonyl (C=O) groups excluding carboxylic acids is 1. The largest absolute Gasteiger partial charge is 0.508 e. The molecular formula is C19H19FN2O3. The van der Waals surface area contributed by atoms with Gasteiger partial charge in [-0.25, -0.2) is 4.39 Å². The fraction of sp³-hybridized carbons (Fsp3) is 0.263. The molecule has 1 aliphatic heterocycles. The van der Waals surface area contributed by atoms with Crippen molar-refractivity contribution in [1.82, 2.24) is 4.90 Å². The maximum absolute atomic E-state index is 13.2. The highest BCUT2D eigenvalue weighted by Crippen LogP contribution is 2.46. The molecule has 1 aliphatic rings. The van der Waals surface area contributed by atoms with Crippen molar-refractivity contribution < 1.29 is 19.1 Å². The van der Waals surface area contributed by atoms with E-state index < -0.39 is 0 Å². The van der Waals surface area contributed by atoms with Gasteiger partial charge in [0.05, 0.1) is 12.0 Å². The smallest absolute Gasteiger partial charge is 0.233 e. The molecule has 25 heavy (non-hydrogen) atoms. The fourth-order valence-corrected chi connectivity index (χ4v) is 3.16. The molecule has 0 aromatic heterocycles. The molecule has 3 rings (SSSR count). The Balaban J connectivity index is 1.86. The molecule has 5 nitrogen and oxygen atoms in total. The van der Waals surface area contributed by atoms with Crippen molar-refractivity contribution in [1.29, 1.82) is 0 Å². The number of likely N-dealkylation sites (tertiary alicyclic amines) is 1. The fourth-order valence-electron chi connectivity index (χ4n) is 3.16. The van der Waals surface area contributed by atoms with Crippen LogP contribution in [0.5, 0.6) is 5.75 Å². The van der Waals surface area contributed by atoms with E-state index in [-0.39, 0.29) is 29.4 Å². The van der Waals surface area contributed by atoms with Gasteiger partial charge in [0, 0.05) is 19.2 Å². The number of amides is 1. The number of phenols is 1. The van der Waals surface area contributed by atoms with Gasteiger partial charge in [-0.3, -0.25) is 4.79 Å². The summed E-state index contributed by atoms with van der Waals surface area (Å²) in [5.41, 5.74) is 1.71. The van der Waals surface area contributed by atoms with Gasteiger partial charge in [-0.2, -0.15) is 0 Å². The molecule has 1 heterocycles. The van der Waals surface area contributed by atoms with Crippen molar-refractivity contribution in [2.24, 2.45) is 5.16 Å². The summed E-state index contributed by atoms with van der Waals surface area (Å²) in [4.78, 5) is 19.1. The number of rotatable bonds is 6. The van der Waals surface area contributed by atoms with E-state index in [1.165, 1.54) is 19.2 Å². The van der Waals surface area contributed by atoms with Crippen molar-refractivity contribution in [2.45, 2.75) is 18.4 Å². The van der Waals surface area contributed by atoms with Crippen molar-refractivity contribution in [3.63, 3.8) is 0 Å². The quantitative estimate of drug-likeness (QED) is 0.498. The number of oxime groups is 1. The monoisotopic (exact) mass is 342 g/mol. The van der Waals surface area contributed by atoms with Crippen molar-refractivity contribution in [2.75, 3.05) is 13.7 Å². The number of hydrogen-bond donors (Lipinski definition) is 1. The second-order valence-electron chi connectivity index (χ2n) is 5.86. The Morgan fingerprint density at radius 1 is 1.16 bits per heavy atom. The minimum atomic E-state index is -0.357. The highest BCUT2D eigenvalue weighted by atomic mass is 19.1. The van der Waals surface area contributed by atoms with E-state index in [2.05, 4.69) is 9.99 Å². The lowest BCUT2D eigenvalue weighted by Crippen LogP contribution is -2.53. The molecule has 1 saturated heterocycles. The van der Waals surface area contributed by atoms with Crippen LogP contribution in [0.25, 0.3) is 0 Å². The first-order valence-electron chi connectivity index (χ1n) is 8.01. The topological polar surface area (TPSA) is 62.1 Å². The van der Waals surface area contributed by atoms with Crippen LogP contribution in [0.4, 0.5) is 4.39 Å². The Kier molecular flexibility index (Phi) is 4.97. The Bertz CT molecular complexity index is 759. The van der Waals surface area contributed by atoms with E-state index >= 15 is 0 Å². The molecule has 2 unspecified atom stereocenters. The third-order valence-electron chi connectivity index (χ3n) is 4.34. The molecule has 2 aromatic rings. The summed E-state index contributed by atoms with van der Waals surface area (Å²) in [5, 5.41) is 13.2. The molecule has 2 aromatic carbocycles. The summed E-state index contributed by atoms with van der Waals surface area (Å²) in [6, 6.07) is 12.7. The Morgan fingerprint density at radius 3 is 2.44 bits per heavy atom. The third kappa shape index (κ3) is 3.47. The second-order valence-corrected chi connectivity index (χ2v) is 5.86. The van der Waals surface area contributed by atoms with Gasteiger partial charge in [0.15, 0.2) is 0 Å². The molecule has 2 atom stereocenters. The molecule has 0 radical (unpaired) electrons. The highest BCUT2D eigenvalue weighted by Gasteiger charge is 2.48. The number of nitrogens with zero attached hydrogens (tertiary/aromatic N) is 2. The van der Waals surface area contributed by atoms with Crippen LogP contribution in [0, 0.1) is 5.82 Å². The minimum absolute atomic E-state index is 0.00417. The minimum Gasteiger partial charge on any atom is -0.508 e.